The van der Waals surface area contributed by atoms with Crippen LogP contribution in [0.5, 0.6) is 0 Å². The Labute approximate surface area is 74.7 Å². The summed E-state index contributed by atoms with van der Waals surface area (Å²) in [4.78, 5) is 11.1. The average molecular weight is 219 g/mol. The molecule has 0 fully saturated rings. The molecule has 1 unspecified atom stereocenters. The first-order valence-corrected chi connectivity index (χ1v) is 4.55. The molecule has 0 aliphatic carbocycles. The molecule has 0 aromatic carbocycles. The first-order valence-electron chi connectivity index (χ1n) is 3.76. The molecule has 0 radical (unpaired) electrons. The second-order valence-corrected chi connectivity index (χ2v) is 3.48. The van der Waals surface area contributed by atoms with Crippen LogP contribution in [0.1, 0.15) is 26.7 Å². The Bertz CT molecular complexity index is 208. The zero-order chi connectivity index (χ0) is 8.43. The van der Waals surface area contributed by atoms with Gasteiger partial charge in [0.05, 0.1) is 5.57 Å². The predicted molar refractivity (Wildman–Crippen MR) is 46.4 cm³/mol. The Morgan fingerprint density at radius 3 is 2.64 bits per heavy atom. The van der Waals surface area contributed by atoms with Gasteiger partial charge in [-0.3, -0.25) is 0 Å². The summed E-state index contributed by atoms with van der Waals surface area (Å²) in [6, 6.07) is 0. The quantitative estimate of drug-likeness (QED) is 0.666. The van der Waals surface area contributed by atoms with Crippen LogP contribution in [0.2, 0.25) is 0 Å². The summed E-state index contributed by atoms with van der Waals surface area (Å²) in [5.41, 5.74) is 0.806. The number of cyclic esters (lactones) is 1. The third-order valence-electron chi connectivity index (χ3n) is 1.68. The number of rotatable bonds is 2. The van der Waals surface area contributed by atoms with Gasteiger partial charge >= 0.3 is 5.97 Å². The predicted octanol–water partition coefficient (Wildman–Crippen LogP) is 2.38. The molecular formula is C8H11BrO2. The van der Waals surface area contributed by atoms with E-state index in [9.17, 15) is 4.79 Å². The summed E-state index contributed by atoms with van der Waals surface area (Å²) in [7, 11) is 0. The molecule has 2 nitrogen and oxygen atoms in total. The van der Waals surface area contributed by atoms with Gasteiger partial charge in [0.2, 0.25) is 0 Å². The first kappa shape index (κ1) is 8.78. The monoisotopic (exact) mass is 218 g/mol. The van der Waals surface area contributed by atoms with E-state index in [-0.39, 0.29) is 12.1 Å². The van der Waals surface area contributed by atoms with Gasteiger partial charge < -0.3 is 4.74 Å². The van der Waals surface area contributed by atoms with Crippen LogP contribution in [0.15, 0.2) is 10.1 Å². The molecule has 1 aliphatic rings. The lowest BCUT2D eigenvalue weighted by molar-refractivity contribution is -0.139. The van der Waals surface area contributed by atoms with Gasteiger partial charge in [-0.2, -0.15) is 0 Å². The van der Waals surface area contributed by atoms with Gasteiger partial charge in [-0.25, -0.2) is 4.79 Å². The van der Waals surface area contributed by atoms with E-state index in [1.807, 2.05) is 13.8 Å². The second-order valence-electron chi connectivity index (χ2n) is 2.62. The van der Waals surface area contributed by atoms with Crippen LogP contribution >= 0.6 is 15.9 Å². The highest BCUT2D eigenvalue weighted by Gasteiger charge is 2.28. The molecule has 3 heteroatoms. The third kappa shape index (κ3) is 1.64. The number of esters is 1. The summed E-state index contributed by atoms with van der Waals surface area (Å²) in [6.07, 6.45) is 1.71. The van der Waals surface area contributed by atoms with Crippen LogP contribution in [-0.4, -0.2) is 12.1 Å². The minimum Gasteiger partial charge on any atom is -0.454 e. The van der Waals surface area contributed by atoms with Crippen molar-refractivity contribution in [2.45, 2.75) is 32.8 Å². The van der Waals surface area contributed by atoms with Gasteiger partial charge in [0, 0.05) is 4.48 Å². The summed E-state index contributed by atoms with van der Waals surface area (Å²) in [5.74, 6) is -0.161. The molecular weight excluding hydrogens is 208 g/mol. The van der Waals surface area contributed by atoms with Gasteiger partial charge in [0.1, 0.15) is 6.10 Å². The number of ether oxygens (including phenoxy) is 1. The zero-order valence-corrected chi connectivity index (χ0v) is 8.27. The van der Waals surface area contributed by atoms with E-state index in [4.69, 9.17) is 4.74 Å². The first-order chi connectivity index (χ1) is 5.16. The number of carbonyl (C=O) groups is 1. The van der Waals surface area contributed by atoms with E-state index in [1.54, 1.807) is 0 Å². The maximum atomic E-state index is 11.1. The largest absolute Gasteiger partial charge is 0.454 e. The van der Waals surface area contributed by atoms with Crippen molar-refractivity contribution < 1.29 is 9.53 Å². The van der Waals surface area contributed by atoms with Crippen LogP contribution in [-0.2, 0) is 9.53 Å². The Morgan fingerprint density at radius 2 is 2.27 bits per heavy atom. The molecule has 0 aromatic heterocycles. The van der Waals surface area contributed by atoms with Crippen molar-refractivity contribution in [3.63, 3.8) is 0 Å². The smallest absolute Gasteiger partial charge is 0.335 e. The lowest BCUT2D eigenvalue weighted by Gasteiger charge is -1.99. The second kappa shape index (κ2) is 3.39. The van der Waals surface area contributed by atoms with Gasteiger partial charge in [-0.1, -0.05) is 29.3 Å². The standard InChI is InChI=1S/C8H11BrO2/c1-3-4-6-7(9)5(2)11-8(6)10/h5H,3-4H2,1-2H3. The van der Waals surface area contributed by atoms with Crippen molar-refractivity contribution in [2.75, 3.05) is 0 Å². The van der Waals surface area contributed by atoms with Gasteiger partial charge in [0.15, 0.2) is 0 Å². The highest BCUT2D eigenvalue weighted by Crippen LogP contribution is 2.29. The van der Waals surface area contributed by atoms with Crippen molar-refractivity contribution in [1.82, 2.24) is 0 Å². The average Bonchev–Trinajstić information content (AvgIpc) is 2.17. The van der Waals surface area contributed by atoms with Crippen LogP contribution in [0.3, 0.4) is 0 Å². The van der Waals surface area contributed by atoms with Crippen LogP contribution in [0.25, 0.3) is 0 Å². The summed E-state index contributed by atoms with van der Waals surface area (Å²) < 4.78 is 5.90. The van der Waals surface area contributed by atoms with E-state index < -0.39 is 0 Å². The molecule has 1 atom stereocenters. The van der Waals surface area contributed by atoms with Gasteiger partial charge in [0.25, 0.3) is 0 Å². The highest BCUT2D eigenvalue weighted by molar-refractivity contribution is 9.11. The van der Waals surface area contributed by atoms with E-state index >= 15 is 0 Å². The number of hydrogen-bond donors (Lipinski definition) is 0. The highest BCUT2D eigenvalue weighted by atomic mass is 79.9. The minimum atomic E-state index is -0.161. The fourth-order valence-electron chi connectivity index (χ4n) is 1.10. The number of carbonyl (C=O) groups excluding carboxylic acids is 1. The molecule has 0 saturated heterocycles. The van der Waals surface area contributed by atoms with Crippen LogP contribution in [0, 0.1) is 0 Å². The minimum absolute atomic E-state index is 0.0796. The van der Waals surface area contributed by atoms with E-state index in [0.29, 0.717) is 0 Å². The fourth-order valence-corrected chi connectivity index (χ4v) is 1.55. The van der Waals surface area contributed by atoms with Crippen molar-refractivity contribution >= 4 is 21.9 Å². The van der Waals surface area contributed by atoms with E-state index in [1.165, 1.54) is 0 Å². The Morgan fingerprint density at radius 1 is 1.64 bits per heavy atom. The van der Waals surface area contributed by atoms with E-state index in [2.05, 4.69) is 15.9 Å². The summed E-state index contributed by atoms with van der Waals surface area (Å²) in [6.45, 7) is 3.91. The molecule has 11 heavy (non-hydrogen) atoms. The molecule has 0 spiro atoms. The number of halogens is 1. The molecule has 1 heterocycles. The van der Waals surface area contributed by atoms with E-state index in [0.717, 1.165) is 22.9 Å². The molecule has 1 rings (SSSR count). The number of hydrogen-bond acceptors (Lipinski definition) is 2. The molecule has 0 bridgehead atoms. The maximum absolute atomic E-state index is 11.1. The molecule has 1 aliphatic heterocycles. The zero-order valence-electron chi connectivity index (χ0n) is 6.69. The van der Waals surface area contributed by atoms with Gasteiger partial charge in [-0.05, 0) is 13.3 Å². The topological polar surface area (TPSA) is 26.3 Å². The molecule has 0 aromatic rings. The van der Waals surface area contributed by atoms with Gasteiger partial charge in [-0.15, -0.1) is 0 Å². The van der Waals surface area contributed by atoms with Crippen molar-refractivity contribution in [3.05, 3.63) is 10.1 Å². The fraction of sp³-hybridized carbons (Fsp3) is 0.625. The molecule has 0 saturated carbocycles. The SMILES string of the molecule is CCCC1=C(Br)C(C)OC1=O. The Balaban J connectivity index is 2.79. The summed E-state index contributed by atoms with van der Waals surface area (Å²) >= 11 is 3.35. The summed E-state index contributed by atoms with van der Waals surface area (Å²) in [5, 5.41) is 0. The Kier molecular flexibility index (Phi) is 2.71. The third-order valence-corrected chi connectivity index (χ3v) is 2.80. The molecule has 0 N–H and O–H groups in total. The van der Waals surface area contributed by atoms with Crippen molar-refractivity contribution in [2.24, 2.45) is 0 Å². The molecule has 62 valence electrons. The maximum Gasteiger partial charge on any atom is 0.335 e. The van der Waals surface area contributed by atoms with Crippen molar-refractivity contribution in [1.29, 1.82) is 0 Å². The van der Waals surface area contributed by atoms with Crippen molar-refractivity contribution in [3.8, 4) is 0 Å². The van der Waals surface area contributed by atoms with Crippen LogP contribution in [0.4, 0.5) is 0 Å². The lowest BCUT2D eigenvalue weighted by Crippen LogP contribution is -2.04. The lowest BCUT2D eigenvalue weighted by atomic mass is 10.1. The normalized spacial score (nSPS) is 24.3. The Hall–Kier alpha value is -0.310. The molecule has 0 amide bonds. The van der Waals surface area contributed by atoms with Crippen LogP contribution < -0.4 is 0 Å².